The van der Waals surface area contributed by atoms with Gasteiger partial charge < -0.3 is 44.6 Å². The number of aliphatic hydroxyl groups excluding tert-OH is 1. The van der Waals surface area contributed by atoms with Crippen LogP contribution in [0.4, 0.5) is 21.0 Å². The lowest BCUT2D eigenvalue weighted by molar-refractivity contribution is -0.128. The quantitative estimate of drug-likeness (QED) is 0.0704. The SMILES string of the molecule is C=CCOC(=O)N[C@H](C(=O)N[C@@H](C)C(=O)Nc1ccc(COC(=O)Nc2cc(O[Si](C(C)C)(C(C)C)C(C)C)c(OC)cc2C(=O)N2CC3(CC3)C[C@H]2CO)cc1)C(C)C. The molecule has 0 unspecified atom stereocenters. The molecule has 0 radical (unpaired) electrons. The second-order valence-electron chi connectivity index (χ2n) is 17.3. The highest BCUT2D eigenvalue weighted by Crippen LogP contribution is 2.55. The van der Waals surface area contributed by atoms with Crippen LogP contribution in [0.25, 0.3) is 0 Å². The van der Waals surface area contributed by atoms with Gasteiger partial charge in [0.2, 0.25) is 11.8 Å². The molecule has 15 nitrogen and oxygen atoms in total. The van der Waals surface area contributed by atoms with Gasteiger partial charge in [-0.3, -0.25) is 19.7 Å². The highest BCUT2D eigenvalue weighted by molar-refractivity contribution is 6.78. The number of carbonyl (C=O) groups excluding carboxylic acids is 5. The Morgan fingerprint density at radius 1 is 0.867 bits per heavy atom. The van der Waals surface area contributed by atoms with Gasteiger partial charge in [-0.1, -0.05) is 80.2 Å². The number of alkyl carbamates (subject to hydrolysis) is 1. The largest absolute Gasteiger partial charge is 0.540 e. The first-order valence-corrected chi connectivity index (χ1v) is 23.0. The molecule has 1 spiro atoms. The Kier molecular flexibility index (Phi) is 16.2. The molecule has 16 heteroatoms. The fourth-order valence-corrected chi connectivity index (χ4v) is 13.6. The lowest BCUT2D eigenvalue weighted by Gasteiger charge is -2.42. The first-order valence-electron chi connectivity index (χ1n) is 20.8. The molecule has 1 heterocycles. The van der Waals surface area contributed by atoms with Crippen LogP contribution in [0.1, 0.15) is 97.5 Å². The average Bonchev–Trinajstić information content (AvgIpc) is 3.86. The Bertz CT molecular complexity index is 1840. The third kappa shape index (κ3) is 11.4. The molecule has 5 N–H and O–H groups in total. The highest BCUT2D eigenvalue weighted by Gasteiger charge is 2.53. The number of hydrogen-bond acceptors (Lipinski definition) is 10. The molecule has 1 saturated heterocycles. The Balaban J connectivity index is 1.47. The van der Waals surface area contributed by atoms with Gasteiger partial charge in [0.15, 0.2) is 5.75 Å². The fraction of sp³-hybridized carbons (Fsp3) is 0.568. The summed E-state index contributed by atoms with van der Waals surface area (Å²) in [6, 6.07) is 7.69. The van der Waals surface area contributed by atoms with Crippen molar-refractivity contribution in [3.05, 3.63) is 60.2 Å². The van der Waals surface area contributed by atoms with Crippen LogP contribution in [0.2, 0.25) is 16.6 Å². The van der Waals surface area contributed by atoms with E-state index in [1.807, 2.05) is 0 Å². The monoisotopic (exact) mass is 851 g/mol. The van der Waals surface area contributed by atoms with Crippen molar-refractivity contribution in [2.45, 2.75) is 123 Å². The number of methoxy groups -OCH3 is 1. The maximum absolute atomic E-state index is 14.3. The Morgan fingerprint density at radius 2 is 1.50 bits per heavy atom. The van der Waals surface area contributed by atoms with Crippen molar-refractivity contribution in [1.82, 2.24) is 15.5 Å². The van der Waals surface area contributed by atoms with Crippen molar-refractivity contribution >= 4 is 49.6 Å². The van der Waals surface area contributed by atoms with Gasteiger partial charge in [-0.15, -0.1) is 0 Å². The zero-order chi connectivity index (χ0) is 44.5. The third-order valence-electron chi connectivity index (χ3n) is 11.7. The zero-order valence-electron chi connectivity index (χ0n) is 36.8. The first-order chi connectivity index (χ1) is 28.3. The highest BCUT2D eigenvalue weighted by atomic mass is 28.4. The van der Waals surface area contributed by atoms with E-state index in [0.717, 1.165) is 19.3 Å². The lowest BCUT2D eigenvalue weighted by Crippen LogP contribution is -2.53. The number of aliphatic hydroxyl groups is 1. The summed E-state index contributed by atoms with van der Waals surface area (Å²) in [6.45, 7) is 21.8. The average molecular weight is 852 g/mol. The fourth-order valence-electron chi connectivity index (χ4n) is 8.32. The smallest absolute Gasteiger partial charge is 0.411 e. The molecule has 330 valence electrons. The molecule has 2 fully saturated rings. The van der Waals surface area contributed by atoms with Crippen LogP contribution in [-0.4, -0.2) is 93.2 Å². The molecular formula is C44H65N5O10Si. The van der Waals surface area contributed by atoms with E-state index in [4.69, 9.17) is 18.6 Å². The van der Waals surface area contributed by atoms with E-state index in [-0.39, 0.29) is 71.0 Å². The van der Waals surface area contributed by atoms with Crippen LogP contribution >= 0.6 is 0 Å². The molecule has 1 saturated carbocycles. The number of ether oxygens (including phenoxy) is 3. The number of hydrogen-bond donors (Lipinski definition) is 5. The van der Waals surface area contributed by atoms with Crippen LogP contribution in [0.5, 0.6) is 11.5 Å². The van der Waals surface area contributed by atoms with Crippen molar-refractivity contribution in [1.29, 1.82) is 0 Å². The van der Waals surface area contributed by atoms with Gasteiger partial charge in [0.05, 0.1) is 31.0 Å². The number of carbonyl (C=O) groups is 5. The predicted octanol–water partition coefficient (Wildman–Crippen LogP) is 7.37. The Labute approximate surface area is 355 Å². The van der Waals surface area contributed by atoms with Crippen LogP contribution in [0, 0.1) is 11.3 Å². The van der Waals surface area contributed by atoms with E-state index in [2.05, 4.69) is 69.4 Å². The number of nitrogens with one attached hydrogen (secondary N) is 4. The summed E-state index contributed by atoms with van der Waals surface area (Å²) >= 11 is 0. The molecule has 0 aromatic heterocycles. The second kappa shape index (κ2) is 20.4. The molecule has 5 amide bonds. The Morgan fingerprint density at radius 3 is 2.03 bits per heavy atom. The minimum Gasteiger partial charge on any atom is -0.540 e. The maximum atomic E-state index is 14.3. The van der Waals surface area contributed by atoms with Crippen molar-refractivity contribution in [2.24, 2.45) is 11.3 Å². The maximum Gasteiger partial charge on any atom is 0.411 e. The first kappa shape index (κ1) is 47.6. The standard InChI is InChI=1S/C44H65N5O10Si/c1-12-19-57-43(55)48-38(26(2)3)40(52)45-30(10)39(51)46-32-15-13-31(14-16-32)24-58-42(54)47-35-21-37(59-60(27(4)5,28(6)7)29(8)9)36(56-11)20-34(35)41(53)49-25-44(17-18-44)22-33(49)23-50/h12-16,20-21,26-30,33,38,50H,1,17-19,22-25H2,2-11H3,(H,45,52)(H,46,51)(H,47,54)(H,48,55)/t30-,33-,38-/m0/s1. The van der Waals surface area contributed by atoms with Crippen molar-refractivity contribution in [3.8, 4) is 11.5 Å². The van der Waals surface area contributed by atoms with Crippen molar-refractivity contribution < 1.29 is 47.7 Å². The number of nitrogens with zero attached hydrogens (tertiary/aromatic N) is 1. The third-order valence-corrected chi connectivity index (χ3v) is 17.7. The summed E-state index contributed by atoms with van der Waals surface area (Å²) in [5.74, 6) is -0.839. The van der Waals surface area contributed by atoms with Gasteiger partial charge in [0.1, 0.15) is 31.0 Å². The lowest BCUT2D eigenvalue weighted by atomic mass is 10.0. The van der Waals surface area contributed by atoms with Crippen LogP contribution in [0.3, 0.4) is 0 Å². The minimum atomic E-state index is -2.50. The van der Waals surface area contributed by atoms with Crippen molar-refractivity contribution in [3.63, 3.8) is 0 Å². The second-order valence-corrected chi connectivity index (χ2v) is 22.7. The van der Waals surface area contributed by atoms with Crippen LogP contribution in [0.15, 0.2) is 49.1 Å². The summed E-state index contributed by atoms with van der Waals surface area (Å²) in [6.07, 6.45) is 2.58. The van der Waals surface area contributed by atoms with E-state index in [9.17, 15) is 29.1 Å². The van der Waals surface area contributed by atoms with Gasteiger partial charge in [0, 0.05) is 18.3 Å². The number of benzene rings is 2. The molecule has 2 aliphatic rings. The van der Waals surface area contributed by atoms with E-state index < -0.39 is 44.4 Å². The summed E-state index contributed by atoms with van der Waals surface area (Å²) < 4.78 is 23.4. The van der Waals surface area contributed by atoms with Gasteiger partial charge in [-0.2, -0.15) is 0 Å². The van der Waals surface area contributed by atoms with Gasteiger partial charge in [-0.05, 0) is 77.9 Å². The summed E-state index contributed by atoms with van der Waals surface area (Å²) in [4.78, 5) is 67.4. The summed E-state index contributed by atoms with van der Waals surface area (Å²) in [7, 11) is -0.976. The van der Waals surface area contributed by atoms with Gasteiger partial charge >= 0.3 is 12.2 Å². The van der Waals surface area contributed by atoms with E-state index in [1.165, 1.54) is 20.1 Å². The molecule has 1 aliphatic heterocycles. The minimum absolute atomic E-state index is 0.0114. The molecule has 2 aromatic carbocycles. The topological polar surface area (TPSA) is 194 Å². The Hall–Kier alpha value is -5.09. The zero-order valence-corrected chi connectivity index (χ0v) is 37.8. The number of anilines is 2. The molecule has 2 aromatic rings. The van der Waals surface area contributed by atoms with Gasteiger partial charge in [-0.25, -0.2) is 9.59 Å². The number of amides is 5. The molecule has 4 rings (SSSR count). The molecule has 1 aliphatic carbocycles. The normalized spacial score (nSPS) is 16.6. The van der Waals surface area contributed by atoms with E-state index in [1.54, 1.807) is 55.1 Å². The summed E-state index contributed by atoms with van der Waals surface area (Å²) in [5.41, 5.74) is 2.22. The van der Waals surface area contributed by atoms with Gasteiger partial charge in [0.25, 0.3) is 14.2 Å². The number of likely N-dealkylation sites (tertiary alicyclic amines) is 1. The van der Waals surface area contributed by atoms with Crippen LogP contribution < -0.4 is 30.4 Å². The molecule has 3 atom stereocenters. The van der Waals surface area contributed by atoms with Crippen molar-refractivity contribution in [2.75, 3.05) is 37.5 Å². The molecule has 0 bridgehead atoms. The summed E-state index contributed by atoms with van der Waals surface area (Å²) in [5, 5.41) is 20.9. The number of rotatable bonds is 19. The van der Waals surface area contributed by atoms with E-state index >= 15 is 0 Å². The van der Waals surface area contributed by atoms with Crippen LogP contribution in [-0.2, 0) is 25.7 Å². The molecule has 60 heavy (non-hydrogen) atoms. The van der Waals surface area contributed by atoms with E-state index in [0.29, 0.717) is 29.3 Å². The molecular weight excluding hydrogens is 787 g/mol. The predicted molar refractivity (Wildman–Crippen MR) is 233 cm³/mol.